The smallest absolute Gasteiger partial charge is 0.227 e. The topological polar surface area (TPSA) is 90.3 Å². The van der Waals surface area contributed by atoms with Gasteiger partial charge in [-0.1, -0.05) is 17.7 Å². The fourth-order valence-electron chi connectivity index (χ4n) is 4.41. The number of hydrazine groups is 1. The maximum atomic E-state index is 13.6. The summed E-state index contributed by atoms with van der Waals surface area (Å²) >= 11 is 5.93. The number of rotatable bonds is 4. The summed E-state index contributed by atoms with van der Waals surface area (Å²) in [6.45, 7) is 3.00. The summed E-state index contributed by atoms with van der Waals surface area (Å²) in [5.41, 5.74) is 4.11. The van der Waals surface area contributed by atoms with Gasteiger partial charge in [0.1, 0.15) is 11.5 Å². The molecule has 4 heterocycles. The Bertz CT molecular complexity index is 1200. The molecule has 166 valence electrons. The van der Waals surface area contributed by atoms with Crippen LogP contribution in [0.3, 0.4) is 0 Å². The van der Waals surface area contributed by atoms with Gasteiger partial charge in [0.2, 0.25) is 5.91 Å². The second kappa shape index (κ2) is 8.54. The molecular weight excluding hydrogens is 431 g/mol. The van der Waals surface area contributed by atoms with Gasteiger partial charge in [0, 0.05) is 36.9 Å². The number of nitrogens with two attached hydrogens (primary N) is 1. The van der Waals surface area contributed by atoms with Crippen molar-refractivity contribution in [2.45, 2.75) is 12.8 Å². The summed E-state index contributed by atoms with van der Waals surface area (Å²) in [4.78, 5) is 22.4. The Labute approximate surface area is 190 Å². The first-order valence-electron chi connectivity index (χ1n) is 10.7. The maximum absolute atomic E-state index is 13.6. The molecule has 0 bridgehead atoms. The molecule has 2 aliphatic heterocycles. The second-order valence-electron chi connectivity index (χ2n) is 8.20. The number of amides is 1. The van der Waals surface area contributed by atoms with Crippen LogP contribution in [0.5, 0.6) is 0 Å². The number of halogens is 2. The van der Waals surface area contributed by atoms with Crippen LogP contribution >= 0.6 is 11.6 Å². The number of carbonyl (C=O) groups is 1. The van der Waals surface area contributed by atoms with Crippen molar-refractivity contribution in [3.8, 4) is 0 Å². The number of benzene rings is 1. The minimum atomic E-state index is -0.492. The third-order valence-corrected chi connectivity index (χ3v) is 6.52. The summed E-state index contributed by atoms with van der Waals surface area (Å²) in [5.74, 6) is 6.19. The van der Waals surface area contributed by atoms with Crippen LogP contribution in [0.2, 0.25) is 5.02 Å². The third kappa shape index (κ3) is 3.85. The number of pyridine rings is 1. The average Bonchev–Trinajstić information content (AvgIpc) is 3.50. The predicted molar refractivity (Wildman–Crippen MR) is 124 cm³/mol. The summed E-state index contributed by atoms with van der Waals surface area (Å²) in [6, 6.07) is 8.19. The van der Waals surface area contributed by atoms with Gasteiger partial charge in [-0.2, -0.15) is 0 Å². The third-order valence-electron chi connectivity index (χ3n) is 6.23. The van der Waals surface area contributed by atoms with E-state index in [4.69, 9.17) is 17.4 Å². The lowest BCUT2D eigenvalue weighted by atomic mass is 10.0. The lowest BCUT2D eigenvalue weighted by Crippen LogP contribution is -2.39. The molecule has 7 nitrogen and oxygen atoms in total. The zero-order valence-corrected chi connectivity index (χ0v) is 18.2. The summed E-state index contributed by atoms with van der Waals surface area (Å²) in [5, 5.41) is 5.59. The number of aromatic nitrogens is 2. The average molecular weight is 455 g/mol. The number of fused-ring (bicyclic) bond motifs is 1. The summed E-state index contributed by atoms with van der Waals surface area (Å²) in [7, 11) is 0. The number of nitrogens with one attached hydrogen (secondary N) is 2. The monoisotopic (exact) mass is 454 g/mol. The van der Waals surface area contributed by atoms with Crippen LogP contribution in [-0.4, -0.2) is 47.0 Å². The van der Waals surface area contributed by atoms with Gasteiger partial charge in [-0.05, 0) is 55.3 Å². The van der Waals surface area contributed by atoms with Crippen molar-refractivity contribution in [3.05, 3.63) is 59.1 Å². The van der Waals surface area contributed by atoms with Gasteiger partial charge in [0.05, 0.1) is 22.3 Å². The molecule has 2 aliphatic rings. The van der Waals surface area contributed by atoms with E-state index in [0.29, 0.717) is 24.4 Å². The van der Waals surface area contributed by atoms with Crippen LogP contribution in [0.1, 0.15) is 18.5 Å². The minimum Gasteiger partial charge on any atom is -0.339 e. The van der Waals surface area contributed by atoms with Crippen molar-refractivity contribution in [2.24, 2.45) is 11.8 Å². The van der Waals surface area contributed by atoms with E-state index in [0.717, 1.165) is 48.3 Å². The van der Waals surface area contributed by atoms with E-state index in [2.05, 4.69) is 21.4 Å². The molecule has 1 atom stereocenters. The first-order chi connectivity index (χ1) is 15.5. The van der Waals surface area contributed by atoms with Gasteiger partial charge in [0.15, 0.2) is 0 Å². The Hall–Kier alpha value is -2.94. The van der Waals surface area contributed by atoms with E-state index in [1.807, 2.05) is 17.0 Å². The Kier molecular flexibility index (Phi) is 5.58. The molecule has 0 saturated carbocycles. The highest BCUT2D eigenvalue weighted by Gasteiger charge is 2.28. The van der Waals surface area contributed by atoms with Crippen LogP contribution in [0.25, 0.3) is 16.6 Å². The van der Waals surface area contributed by atoms with E-state index < -0.39 is 5.82 Å². The predicted octanol–water partition coefficient (Wildman–Crippen LogP) is 3.59. The molecule has 3 aromatic rings. The molecule has 0 radical (unpaired) electrons. The molecule has 2 aromatic heterocycles. The molecule has 1 aromatic carbocycles. The van der Waals surface area contributed by atoms with Crippen molar-refractivity contribution < 1.29 is 9.18 Å². The standard InChI is InChI=1S/C23H24ClFN6O/c24-18-11-16(1-2-19(18)25)31(26)21-4-8-28-22-17(21)12-20(29-22)14-5-9-30(10-6-14)23(32)15-3-7-27-13-15/h1-2,4-5,8,11-12,15,27H,3,6-7,9-10,13,26H2,(H,28,29)/t15-/m0/s1. The van der Waals surface area contributed by atoms with Crippen molar-refractivity contribution in [3.63, 3.8) is 0 Å². The maximum Gasteiger partial charge on any atom is 0.227 e. The molecule has 0 spiro atoms. The number of aromatic amines is 1. The molecule has 0 unspecified atom stereocenters. The minimum absolute atomic E-state index is 0.0119. The van der Waals surface area contributed by atoms with Crippen molar-refractivity contribution in [1.82, 2.24) is 20.2 Å². The largest absolute Gasteiger partial charge is 0.339 e. The summed E-state index contributed by atoms with van der Waals surface area (Å²) in [6.07, 6.45) is 5.47. The van der Waals surface area contributed by atoms with Gasteiger partial charge < -0.3 is 15.2 Å². The molecule has 1 amide bonds. The number of anilines is 2. The van der Waals surface area contributed by atoms with Gasteiger partial charge >= 0.3 is 0 Å². The molecule has 9 heteroatoms. The van der Waals surface area contributed by atoms with Crippen molar-refractivity contribution in [1.29, 1.82) is 0 Å². The number of H-pyrrole nitrogens is 1. The van der Waals surface area contributed by atoms with E-state index in [1.54, 1.807) is 12.3 Å². The zero-order valence-electron chi connectivity index (χ0n) is 17.4. The SMILES string of the molecule is NN(c1ccc(F)c(Cl)c1)c1ccnc2[nH]c(C3=CCN(C(=O)[C@H]4CCNC4)CC3)cc12. The van der Waals surface area contributed by atoms with Crippen LogP contribution in [0.15, 0.2) is 42.6 Å². The molecule has 1 saturated heterocycles. The van der Waals surface area contributed by atoms with E-state index in [-0.39, 0.29) is 16.8 Å². The molecule has 5 rings (SSSR count). The fourth-order valence-corrected chi connectivity index (χ4v) is 4.58. The highest BCUT2D eigenvalue weighted by Crippen LogP contribution is 2.33. The molecular formula is C23H24ClFN6O. The molecule has 32 heavy (non-hydrogen) atoms. The van der Waals surface area contributed by atoms with Gasteiger partial charge in [0.25, 0.3) is 0 Å². The van der Waals surface area contributed by atoms with Crippen LogP contribution in [0.4, 0.5) is 15.8 Å². The number of carbonyl (C=O) groups excluding carboxylic acids is 1. The van der Waals surface area contributed by atoms with E-state index >= 15 is 0 Å². The Morgan fingerprint density at radius 1 is 1.31 bits per heavy atom. The van der Waals surface area contributed by atoms with Gasteiger partial charge in [-0.3, -0.25) is 9.80 Å². The van der Waals surface area contributed by atoms with E-state index in [1.165, 1.54) is 17.1 Å². The van der Waals surface area contributed by atoms with Gasteiger partial charge in [-0.15, -0.1) is 0 Å². The highest BCUT2D eigenvalue weighted by atomic mass is 35.5. The van der Waals surface area contributed by atoms with Crippen molar-refractivity contribution >= 4 is 45.5 Å². The fraction of sp³-hybridized carbons (Fsp3) is 0.304. The number of hydrogen-bond donors (Lipinski definition) is 3. The quantitative estimate of drug-likeness (QED) is 0.414. The van der Waals surface area contributed by atoms with Crippen LogP contribution in [0, 0.1) is 11.7 Å². The van der Waals surface area contributed by atoms with Crippen LogP contribution < -0.4 is 16.2 Å². The normalized spacial score (nSPS) is 18.8. The van der Waals surface area contributed by atoms with E-state index in [9.17, 15) is 9.18 Å². The molecule has 4 N–H and O–H groups in total. The summed E-state index contributed by atoms with van der Waals surface area (Å²) < 4.78 is 13.6. The lowest BCUT2D eigenvalue weighted by molar-refractivity contribution is -0.134. The lowest BCUT2D eigenvalue weighted by Gasteiger charge is -2.28. The number of nitrogens with zero attached hydrogens (tertiary/aromatic N) is 3. The highest BCUT2D eigenvalue weighted by molar-refractivity contribution is 6.31. The molecule has 0 aliphatic carbocycles. The Morgan fingerprint density at radius 2 is 2.19 bits per heavy atom. The first-order valence-corrected chi connectivity index (χ1v) is 11.1. The zero-order chi connectivity index (χ0) is 22.2. The molecule has 1 fully saturated rings. The Balaban J connectivity index is 1.39. The number of hydrogen-bond acceptors (Lipinski definition) is 5. The Morgan fingerprint density at radius 3 is 2.91 bits per heavy atom. The van der Waals surface area contributed by atoms with Crippen molar-refractivity contribution in [2.75, 3.05) is 31.2 Å². The van der Waals surface area contributed by atoms with Crippen LogP contribution in [-0.2, 0) is 4.79 Å². The first kappa shape index (κ1) is 20.9. The second-order valence-corrected chi connectivity index (χ2v) is 8.60. The van der Waals surface area contributed by atoms with Gasteiger partial charge in [-0.25, -0.2) is 15.2 Å².